The van der Waals surface area contributed by atoms with Crippen LogP contribution >= 0.6 is 0 Å². The third-order valence-corrected chi connectivity index (χ3v) is 2.13. The fourth-order valence-electron chi connectivity index (χ4n) is 1.28. The number of hydrogen-bond acceptors (Lipinski definition) is 4. The van der Waals surface area contributed by atoms with Crippen molar-refractivity contribution in [3.8, 4) is 0 Å². The van der Waals surface area contributed by atoms with Gasteiger partial charge in [-0.1, -0.05) is 6.08 Å². The van der Waals surface area contributed by atoms with Gasteiger partial charge in [0.15, 0.2) is 0 Å². The summed E-state index contributed by atoms with van der Waals surface area (Å²) >= 11 is 0. The van der Waals surface area contributed by atoms with Crippen LogP contribution in [0.2, 0.25) is 0 Å². The lowest BCUT2D eigenvalue weighted by Crippen LogP contribution is -2.50. The number of carboxylic acids is 1. The number of ether oxygens (including phenoxy) is 1. The summed E-state index contributed by atoms with van der Waals surface area (Å²) < 4.78 is 4.54. The van der Waals surface area contributed by atoms with Crippen molar-refractivity contribution in [1.82, 2.24) is 5.32 Å². The molecule has 0 aliphatic heterocycles. The minimum atomic E-state index is -1.04. The number of hydrogen-bond donors (Lipinski definition) is 2. The van der Waals surface area contributed by atoms with E-state index in [1.807, 2.05) is 0 Å². The standard InChI is InChI=1S/C11H19NO4/c1-7(9(13)16-5)6-8(2)12-11(3,4)10(14)15/h6,8,12H,1-5H3,(H,14,15). The van der Waals surface area contributed by atoms with E-state index in [-0.39, 0.29) is 6.04 Å². The highest BCUT2D eigenvalue weighted by Crippen LogP contribution is 2.06. The Balaban J connectivity index is 4.55. The molecule has 0 heterocycles. The molecule has 2 N–H and O–H groups in total. The summed E-state index contributed by atoms with van der Waals surface area (Å²) in [7, 11) is 1.30. The van der Waals surface area contributed by atoms with Gasteiger partial charge in [-0.15, -0.1) is 0 Å². The lowest BCUT2D eigenvalue weighted by atomic mass is 10.0. The van der Waals surface area contributed by atoms with Gasteiger partial charge in [-0.25, -0.2) is 4.79 Å². The number of methoxy groups -OCH3 is 1. The quantitative estimate of drug-likeness (QED) is 0.542. The summed E-state index contributed by atoms with van der Waals surface area (Å²) in [5.41, 5.74) is -0.588. The number of carbonyl (C=O) groups is 2. The van der Waals surface area contributed by atoms with E-state index in [4.69, 9.17) is 5.11 Å². The molecular weight excluding hydrogens is 210 g/mol. The Kier molecular flexibility index (Phi) is 5.17. The van der Waals surface area contributed by atoms with Crippen molar-refractivity contribution in [3.63, 3.8) is 0 Å². The molecule has 0 spiro atoms. The Morgan fingerprint density at radius 2 is 1.94 bits per heavy atom. The summed E-state index contributed by atoms with van der Waals surface area (Å²) in [6.45, 7) is 6.52. The van der Waals surface area contributed by atoms with Crippen molar-refractivity contribution in [1.29, 1.82) is 0 Å². The van der Waals surface area contributed by atoms with Crippen LogP contribution in [0.3, 0.4) is 0 Å². The van der Waals surface area contributed by atoms with Crippen LogP contribution in [-0.2, 0) is 14.3 Å². The lowest BCUT2D eigenvalue weighted by Gasteiger charge is -2.24. The number of rotatable bonds is 5. The Labute approximate surface area is 95.5 Å². The minimum absolute atomic E-state index is 0.231. The molecule has 0 aliphatic rings. The molecule has 92 valence electrons. The number of carboxylic acid groups (broad SMARTS) is 1. The molecule has 16 heavy (non-hydrogen) atoms. The van der Waals surface area contributed by atoms with Crippen LogP contribution in [0.1, 0.15) is 27.7 Å². The highest BCUT2D eigenvalue weighted by atomic mass is 16.5. The first kappa shape index (κ1) is 14.6. The first-order valence-electron chi connectivity index (χ1n) is 4.98. The molecule has 5 heteroatoms. The van der Waals surface area contributed by atoms with E-state index in [2.05, 4.69) is 10.1 Å². The van der Waals surface area contributed by atoms with Gasteiger partial charge in [-0.3, -0.25) is 10.1 Å². The van der Waals surface area contributed by atoms with Gasteiger partial charge >= 0.3 is 11.9 Å². The maximum absolute atomic E-state index is 11.1. The molecule has 0 aliphatic carbocycles. The summed E-state index contributed by atoms with van der Waals surface area (Å²) in [4.78, 5) is 22.0. The fourth-order valence-corrected chi connectivity index (χ4v) is 1.28. The lowest BCUT2D eigenvalue weighted by molar-refractivity contribution is -0.143. The van der Waals surface area contributed by atoms with Gasteiger partial charge in [0.2, 0.25) is 0 Å². The van der Waals surface area contributed by atoms with E-state index in [1.165, 1.54) is 7.11 Å². The molecule has 0 amide bonds. The fraction of sp³-hybridized carbons (Fsp3) is 0.636. The van der Waals surface area contributed by atoms with Gasteiger partial charge in [-0.2, -0.15) is 0 Å². The first-order valence-corrected chi connectivity index (χ1v) is 4.98. The average Bonchev–Trinajstić information content (AvgIpc) is 2.14. The normalized spacial score (nSPS) is 14.4. The second-order valence-corrected chi connectivity index (χ2v) is 4.20. The van der Waals surface area contributed by atoms with Crippen LogP contribution in [0, 0.1) is 0 Å². The summed E-state index contributed by atoms with van der Waals surface area (Å²) in [6.07, 6.45) is 1.64. The molecular formula is C11H19NO4. The number of aliphatic carboxylic acids is 1. The van der Waals surface area contributed by atoms with E-state index in [0.29, 0.717) is 5.57 Å². The molecule has 0 aromatic carbocycles. The Bertz CT molecular complexity index is 307. The zero-order valence-electron chi connectivity index (χ0n) is 10.3. The van der Waals surface area contributed by atoms with E-state index in [0.717, 1.165) is 0 Å². The van der Waals surface area contributed by atoms with Gasteiger partial charge in [0.25, 0.3) is 0 Å². The smallest absolute Gasteiger partial charge is 0.333 e. The van der Waals surface area contributed by atoms with Crippen molar-refractivity contribution >= 4 is 11.9 Å². The summed E-state index contributed by atoms with van der Waals surface area (Å²) in [5, 5.41) is 11.8. The molecule has 0 aromatic heterocycles. The zero-order chi connectivity index (χ0) is 12.9. The zero-order valence-corrected chi connectivity index (χ0v) is 10.3. The van der Waals surface area contributed by atoms with Gasteiger partial charge < -0.3 is 9.84 Å². The molecule has 1 atom stereocenters. The maximum atomic E-state index is 11.1. The van der Waals surface area contributed by atoms with Crippen LogP contribution < -0.4 is 5.32 Å². The van der Waals surface area contributed by atoms with Crippen molar-refractivity contribution in [2.24, 2.45) is 0 Å². The molecule has 0 fully saturated rings. The molecule has 0 saturated carbocycles. The van der Waals surface area contributed by atoms with E-state index < -0.39 is 17.5 Å². The maximum Gasteiger partial charge on any atom is 0.333 e. The third kappa shape index (κ3) is 4.44. The van der Waals surface area contributed by atoms with Crippen LogP contribution in [0.25, 0.3) is 0 Å². The predicted molar refractivity (Wildman–Crippen MR) is 60.1 cm³/mol. The largest absolute Gasteiger partial charge is 0.480 e. The van der Waals surface area contributed by atoms with E-state index >= 15 is 0 Å². The summed E-state index contributed by atoms with van der Waals surface area (Å²) in [5.74, 6) is -1.36. The number of carbonyl (C=O) groups excluding carboxylic acids is 1. The van der Waals surface area contributed by atoms with Crippen LogP contribution in [0.4, 0.5) is 0 Å². The second kappa shape index (κ2) is 5.65. The Hall–Kier alpha value is -1.36. The van der Waals surface area contributed by atoms with Gasteiger partial charge in [0.1, 0.15) is 5.54 Å². The van der Waals surface area contributed by atoms with Crippen molar-refractivity contribution in [2.45, 2.75) is 39.3 Å². The Morgan fingerprint density at radius 3 is 2.31 bits per heavy atom. The van der Waals surface area contributed by atoms with Gasteiger partial charge in [-0.05, 0) is 27.7 Å². The second-order valence-electron chi connectivity index (χ2n) is 4.20. The Morgan fingerprint density at radius 1 is 1.44 bits per heavy atom. The monoisotopic (exact) mass is 229 g/mol. The SMILES string of the molecule is COC(=O)C(C)=CC(C)NC(C)(C)C(=O)O. The van der Waals surface area contributed by atoms with Crippen LogP contribution in [-0.4, -0.2) is 35.7 Å². The highest BCUT2D eigenvalue weighted by Gasteiger charge is 2.27. The summed E-state index contributed by atoms with van der Waals surface area (Å²) in [6, 6.07) is -0.231. The number of nitrogens with one attached hydrogen (secondary N) is 1. The van der Waals surface area contributed by atoms with Crippen LogP contribution in [0.5, 0.6) is 0 Å². The van der Waals surface area contributed by atoms with Crippen molar-refractivity contribution in [2.75, 3.05) is 7.11 Å². The van der Waals surface area contributed by atoms with Crippen molar-refractivity contribution in [3.05, 3.63) is 11.6 Å². The molecule has 5 nitrogen and oxygen atoms in total. The average molecular weight is 229 g/mol. The van der Waals surface area contributed by atoms with Gasteiger partial charge in [0.05, 0.1) is 7.11 Å². The molecule has 0 radical (unpaired) electrons. The number of esters is 1. The van der Waals surface area contributed by atoms with Crippen molar-refractivity contribution < 1.29 is 19.4 Å². The minimum Gasteiger partial charge on any atom is -0.480 e. The highest BCUT2D eigenvalue weighted by molar-refractivity contribution is 5.87. The van der Waals surface area contributed by atoms with Crippen LogP contribution in [0.15, 0.2) is 11.6 Å². The molecule has 1 unspecified atom stereocenters. The van der Waals surface area contributed by atoms with E-state index in [1.54, 1.807) is 33.8 Å². The third-order valence-electron chi connectivity index (χ3n) is 2.13. The molecule has 0 rings (SSSR count). The molecule has 0 bridgehead atoms. The predicted octanol–water partition coefficient (Wildman–Crippen LogP) is 0.947. The van der Waals surface area contributed by atoms with Gasteiger partial charge in [0, 0.05) is 11.6 Å². The molecule has 0 aromatic rings. The molecule has 0 saturated heterocycles. The first-order chi connectivity index (χ1) is 7.20. The van der Waals surface area contributed by atoms with E-state index in [9.17, 15) is 9.59 Å². The topological polar surface area (TPSA) is 75.6 Å².